The minimum atomic E-state index is -1.67. The Bertz CT molecular complexity index is 812. The van der Waals surface area contributed by atoms with E-state index in [0.717, 1.165) is 19.2 Å². The summed E-state index contributed by atoms with van der Waals surface area (Å²) in [5, 5.41) is 17.8. The number of nitrogens with zero attached hydrogens (tertiary/aromatic N) is 3. The number of carbonyl (C=O) groups excluding carboxylic acids is 1. The van der Waals surface area contributed by atoms with Gasteiger partial charge in [-0.25, -0.2) is 4.39 Å². The normalized spacial score (nSPS) is 15.3. The smallest absolute Gasteiger partial charge is 0.217 e. The van der Waals surface area contributed by atoms with Crippen molar-refractivity contribution in [2.24, 2.45) is 7.05 Å². The summed E-state index contributed by atoms with van der Waals surface area (Å²) < 4.78 is 15.6. The first kappa shape index (κ1) is 14.5. The number of nitrogens with one attached hydrogen (secondary N) is 1. The Hall–Kier alpha value is -2.48. The van der Waals surface area contributed by atoms with Gasteiger partial charge in [0.15, 0.2) is 5.69 Å². The first-order chi connectivity index (χ1) is 10.5. The van der Waals surface area contributed by atoms with Crippen LogP contribution in [0.5, 0.6) is 0 Å². The molecule has 0 saturated carbocycles. The Labute approximate surface area is 125 Å². The number of aromatic nitrogens is 2. The van der Waals surface area contributed by atoms with E-state index in [-0.39, 0.29) is 5.39 Å². The third-order valence-electron chi connectivity index (χ3n) is 3.77. The molecule has 2 aromatic rings. The largest absolute Gasteiger partial charge is 0.543 e. The lowest BCUT2D eigenvalue weighted by atomic mass is 10.1. The van der Waals surface area contributed by atoms with E-state index in [1.807, 2.05) is 4.90 Å². The predicted octanol–water partition coefficient (Wildman–Crippen LogP) is -1.15. The van der Waals surface area contributed by atoms with Crippen LogP contribution in [0, 0.1) is 5.82 Å². The van der Waals surface area contributed by atoms with Crippen molar-refractivity contribution in [3.63, 3.8) is 0 Å². The average molecular weight is 305 g/mol. The van der Waals surface area contributed by atoms with E-state index in [0.29, 0.717) is 24.3 Å². The van der Waals surface area contributed by atoms with Crippen molar-refractivity contribution < 1.29 is 14.3 Å². The molecule has 1 aromatic heterocycles. The summed E-state index contributed by atoms with van der Waals surface area (Å²) >= 11 is 0. The number of anilines is 1. The highest BCUT2D eigenvalue weighted by atomic mass is 19.1. The molecule has 1 aliphatic heterocycles. The van der Waals surface area contributed by atoms with Gasteiger partial charge in [0, 0.05) is 33.2 Å². The number of hydrogen-bond donors (Lipinski definition) is 1. The van der Waals surface area contributed by atoms with Crippen molar-refractivity contribution in [2.75, 3.05) is 31.1 Å². The molecule has 0 unspecified atom stereocenters. The van der Waals surface area contributed by atoms with E-state index >= 15 is 0 Å². The number of piperazine rings is 1. The van der Waals surface area contributed by atoms with Crippen molar-refractivity contribution in [2.45, 2.75) is 0 Å². The predicted molar refractivity (Wildman–Crippen MR) is 76.4 cm³/mol. The second-order valence-corrected chi connectivity index (χ2v) is 5.15. The van der Waals surface area contributed by atoms with Crippen LogP contribution in [-0.4, -0.2) is 41.9 Å². The Morgan fingerprint density at radius 2 is 2.05 bits per heavy atom. The molecule has 1 aliphatic rings. The lowest BCUT2D eigenvalue weighted by molar-refractivity contribution is -0.255. The zero-order valence-corrected chi connectivity index (χ0v) is 11.9. The van der Waals surface area contributed by atoms with Gasteiger partial charge in [-0.3, -0.25) is 9.48 Å². The molecule has 116 valence electrons. The number of hydrogen-bond acceptors (Lipinski definition) is 6. The minimum absolute atomic E-state index is 0.0203. The van der Waals surface area contributed by atoms with Gasteiger partial charge in [-0.05, 0) is 12.1 Å². The van der Waals surface area contributed by atoms with Gasteiger partial charge in [-0.2, -0.15) is 5.10 Å². The number of carboxylic acids is 1. The van der Waals surface area contributed by atoms with Gasteiger partial charge in [0.05, 0.1) is 22.6 Å². The van der Waals surface area contributed by atoms with E-state index in [9.17, 15) is 19.1 Å². The van der Waals surface area contributed by atoms with E-state index in [4.69, 9.17) is 0 Å². The van der Waals surface area contributed by atoms with Gasteiger partial charge in [-0.1, -0.05) is 0 Å². The Kier molecular flexibility index (Phi) is 3.53. The average Bonchev–Trinajstić information content (AvgIpc) is 2.51. The Balaban J connectivity index is 2.22. The standard InChI is InChI=1S/C14H15FN4O3/c1-18-10-7-11(19-4-2-16-3-5-19)9(15)6-8(10)13(20)12(17-18)14(21)22/h6-7,16H,2-5H2,1H3,(H,21,22)/p-1. The first-order valence-electron chi connectivity index (χ1n) is 6.86. The van der Waals surface area contributed by atoms with Crippen LogP contribution in [-0.2, 0) is 7.05 Å². The monoisotopic (exact) mass is 305 g/mol. The maximum atomic E-state index is 14.4. The van der Waals surface area contributed by atoms with Crippen LogP contribution >= 0.6 is 0 Å². The van der Waals surface area contributed by atoms with Gasteiger partial charge in [0.25, 0.3) is 0 Å². The summed E-state index contributed by atoms with van der Waals surface area (Å²) in [5.41, 5.74) is -0.792. The molecule has 1 saturated heterocycles. The van der Waals surface area contributed by atoms with E-state index in [2.05, 4.69) is 10.4 Å². The van der Waals surface area contributed by atoms with Crippen molar-refractivity contribution in [1.82, 2.24) is 15.1 Å². The first-order valence-corrected chi connectivity index (χ1v) is 6.86. The maximum absolute atomic E-state index is 14.4. The highest BCUT2D eigenvalue weighted by molar-refractivity contribution is 5.90. The molecule has 1 N–H and O–H groups in total. The zero-order valence-electron chi connectivity index (χ0n) is 11.9. The quantitative estimate of drug-likeness (QED) is 0.753. The van der Waals surface area contributed by atoms with Crippen LogP contribution in [0.4, 0.5) is 10.1 Å². The van der Waals surface area contributed by atoms with Crippen molar-refractivity contribution >= 4 is 22.6 Å². The summed E-state index contributed by atoms with van der Waals surface area (Å²) in [4.78, 5) is 24.9. The van der Waals surface area contributed by atoms with E-state index in [1.165, 1.54) is 17.8 Å². The number of rotatable bonds is 2. The lowest BCUT2D eigenvalue weighted by Gasteiger charge is -2.30. The van der Waals surface area contributed by atoms with Crippen molar-refractivity contribution in [1.29, 1.82) is 0 Å². The molecule has 0 spiro atoms. The molecule has 2 heterocycles. The van der Waals surface area contributed by atoms with Gasteiger partial charge in [0.1, 0.15) is 5.82 Å². The molecule has 8 heteroatoms. The molecule has 1 aromatic carbocycles. The summed E-state index contributed by atoms with van der Waals surface area (Å²) in [6.07, 6.45) is 0. The van der Waals surface area contributed by atoms with Crippen LogP contribution in [0.15, 0.2) is 16.9 Å². The fraction of sp³-hybridized carbons (Fsp3) is 0.357. The fourth-order valence-electron chi connectivity index (χ4n) is 2.66. The van der Waals surface area contributed by atoms with Crippen LogP contribution in [0.2, 0.25) is 0 Å². The van der Waals surface area contributed by atoms with Crippen LogP contribution in [0.25, 0.3) is 10.9 Å². The van der Waals surface area contributed by atoms with E-state index < -0.39 is 22.9 Å². The lowest BCUT2D eigenvalue weighted by Crippen LogP contribution is -2.44. The molecule has 0 aliphatic carbocycles. The molecule has 3 rings (SSSR count). The molecule has 0 radical (unpaired) electrons. The Morgan fingerprint density at radius 1 is 1.36 bits per heavy atom. The summed E-state index contributed by atoms with van der Waals surface area (Å²) in [6, 6.07) is 2.60. The topological polar surface area (TPSA) is 90.3 Å². The number of benzene rings is 1. The molecular weight excluding hydrogens is 291 g/mol. The number of carbonyl (C=O) groups is 1. The fourth-order valence-corrected chi connectivity index (χ4v) is 2.66. The van der Waals surface area contributed by atoms with Crippen molar-refractivity contribution in [3.8, 4) is 0 Å². The molecular formula is C14H14FN4O3-. The van der Waals surface area contributed by atoms with Gasteiger partial charge < -0.3 is 20.1 Å². The van der Waals surface area contributed by atoms with Gasteiger partial charge >= 0.3 is 0 Å². The minimum Gasteiger partial charge on any atom is -0.543 e. The number of carboxylic acid groups (broad SMARTS) is 1. The highest BCUT2D eigenvalue weighted by Crippen LogP contribution is 2.24. The van der Waals surface area contributed by atoms with Crippen LogP contribution in [0.1, 0.15) is 10.5 Å². The number of aryl methyl sites for hydroxylation is 1. The molecule has 7 nitrogen and oxygen atoms in total. The molecule has 22 heavy (non-hydrogen) atoms. The number of halogens is 1. The van der Waals surface area contributed by atoms with Crippen LogP contribution < -0.4 is 20.8 Å². The second kappa shape index (κ2) is 5.38. The van der Waals surface area contributed by atoms with Gasteiger partial charge in [-0.15, -0.1) is 0 Å². The molecule has 0 amide bonds. The van der Waals surface area contributed by atoms with Crippen LogP contribution in [0.3, 0.4) is 0 Å². The third-order valence-corrected chi connectivity index (χ3v) is 3.77. The molecule has 1 fully saturated rings. The number of aromatic carboxylic acids is 1. The molecule has 0 atom stereocenters. The Morgan fingerprint density at radius 3 is 2.68 bits per heavy atom. The molecule has 0 bridgehead atoms. The van der Waals surface area contributed by atoms with Gasteiger partial charge in [0.2, 0.25) is 5.43 Å². The maximum Gasteiger partial charge on any atom is 0.217 e. The van der Waals surface area contributed by atoms with Crippen molar-refractivity contribution in [3.05, 3.63) is 33.9 Å². The summed E-state index contributed by atoms with van der Waals surface area (Å²) in [6.45, 7) is 2.80. The second-order valence-electron chi connectivity index (χ2n) is 5.15. The zero-order chi connectivity index (χ0) is 15.9. The SMILES string of the molecule is Cn1nc(C(=O)[O-])c(=O)c2cc(F)c(N3CCNCC3)cc21. The number of fused-ring (bicyclic) bond motifs is 1. The highest BCUT2D eigenvalue weighted by Gasteiger charge is 2.18. The summed E-state index contributed by atoms with van der Waals surface area (Å²) in [7, 11) is 1.51. The third kappa shape index (κ3) is 2.31. The summed E-state index contributed by atoms with van der Waals surface area (Å²) in [5.74, 6) is -2.23. The van der Waals surface area contributed by atoms with E-state index in [1.54, 1.807) is 0 Å².